The summed E-state index contributed by atoms with van der Waals surface area (Å²) in [5.74, 6) is 0. The van der Waals surface area contributed by atoms with E-state index in [1.54, 1.807) is 0 Å². The van der Waals surface area contributed by atoms with Crippen LogP contribution in [0.25, 0.3) is 0 Å². The van der Waals surface area contributed by atoms with Gasteiger partial charge in [-0.05, 0) is 54.4 Å². The van der Waals surface area contributed by atoms with Gasteiger partial charge >= 0.3 is 0 Å². The van der Waals surface area contributed by atoms with Crippen LogP contribution in [0.5, 0.6) is 0 Å². The molecular formula is C25H50N4. The van der Waals surface area contributed by atoms with E-state index >= 15 is 0 Å². The van der Waals surface area contributed by atoms with Crippen LogP contribution in [0.1, 0.15) is 100 Å². The fraction of sp³-hybridized carbons (Fsp3) is 0.840. The molecular weight excluding hydrogens is 356 g/mol. The summed E-state index contributed by atoms with van der Waals surface area (Å²) >= 11 is 0. The van der Waals surface area contributed by atoms with E-state index in [-0.39, 0.29) is 0 Å². The molecule has 170 valence electrons. The van der Waals surface area contributed by atoms with Crippen LogP contribution in [0.2, 0.25) is 0 Å². The zero-order chi connectivity index (χ0) is 22.1. The van der Waals surface area contributed by atoms with Crippen LogP contribution in [0.15, 0.2) is 22.8 Å². The van der Waals surface area contributed by atoms with Crippen molar-refractivity contribution < 1.29 is 0 Å². The summed E-state index contributed by atoms with van der Waals surface area (Å²) in [7, 11) is 4.37. The van der Waals surface area contributed by atoms with Crippen molar-refractivity contribution in [1.29, 1.82) is 0 Å². The molecule has 0 amide bonds. The van der Waals surface area contributed by atoms with Gasteiger partial charge in [0.1, 0.15) is 0 Å². The van der Waals surface area contributed by atoms with Crippen molar-refractivity contribution in [3.05, 3.63) is 22.8 Å². The van der Waals surface area contributed by atoms with Gasteiger partial charge in [0.2, 0.25) is 0 Å². The first-order valence-electron chi connectivity index (χ1n) is 12.0. The van der Waals surface area contributed by atoms with Crippen molar-refractivity contribution in [3.8, 4) is 0 Å². The molecule has 0 N–H and O–H groups in total. The first-order valence-corrected chi connectivity index (χ1v) is 12.0. The molecule has 0 aromatic rings. The number of allylic oxidation sites excluding steroid dienone is 4. The Morgan fingerprint density at radius 3 is 1.21 bits per heavy atom. The molecule has 2 aliphatic heterocycles. The fourth-order valence-electron chi connectivity index (χ4n) is 4.42. The van der Waals surface area contributed by atoms with Crippen LogP contribution in [0.3, 0.4) is 0 Å². The average Bonchev–Trinajstić information content (AvgIpc) is 3.01. The summed E-state index contributed by atoms with van der Waals surface area (Å²) in [6, 6.07) is 0. The minimum atomic E-state index is 0.548. The highest BCUT2D eigenvalue weighted by molar-refractivity contribution is 5.15. The topological polar surface area (TPSA) is 13.0 Å². The number of rotatable bonds is 9. The van der Waals surface area contributed by atoms with Crippen molar-refractivity contribution in [1.82, 2.24) is 19.6 Å². The Labute approximate surface area is 182 Å². The molecule has 2 aliphatic rings. The molecule has 2 atom stereocenters. The molecule has 2 heterocycles. The Morgan fingerprint density at radius 1 is 0.552 bits per heavy atom. The summed E-state index contributed by atoms with van der Waals surface area (Å²) in [4.78, 5) is 9.78. The van der Waals surface area contributed by atoms with E-state index in [1.165, 1.54) is 80.8 Å². The van der Waals surface area contributed by atoms with E-state index in [2.05, 4.69) is 89.1 Å². The van der Waals surface area contributed by atoms with E-state index in [0.29, 0.717) is 12.3 Å². The first kappa shape index (κ1) is 25.7. The molecule has 0 bridgehead atoms. The summed E-state index contributed by atoms with van der Waals surface area (Å²) < 4.78 is 0. The second kappa shape index (κ2) is 12.4. The third kappa shape index (κ3) is 6.58. The van der Waals surface area contributed by atoms with Gasteiger partial charge in [0.05, 0.1) is 12.3 Å². The van der Waals surface area contributed by atoms with Crippen molar-refractivity contribution >= 4 is 0 Å². The van der Waals surface area contributed by atoms with E-state index in [1.807, 2.05) is 0 Å². The lowest BCUT2D eigenvalue weighted by molar-refractivity contribution is 0.176. The molecule has 0 fully saturated rings. The van der Waals surface area contributed by atoms with Crippen molar-refractivity contribution in [2.45, 2.75) is 113 Å². The lowest BCUT2D eigenvalue weighted by atomic mass is 10.2. The molecule has 0 aliphatic carbocycles. The Bertz CT molecular complexity index is 551. The van der Waals surface area contributed by atoms with Crippen LogP contribution in [0.4, 0.5) is 0 Å². The van der Waals surface area contributed by atoms with Crippen LogP contribution >= 0.6 is 0 Å². The number of nitrogens with zero attached hydrogens (tertiary/aromatic N) is 4. The van der Waals surface area contributed by atoms with Crippen LogP contribution in [-0.2, 0) is 0 Å². The maximum atomic E-state index is 2.53. The third-order valence-electron chi connectivity index (χ3n) is 7.25. The molecule has 4 heteroatoms. The van der Waals surface area contributed by atoms with Gasteiger partial charge in [-0.15, -0.1) is 0 Å². The third-order valence-corrected chi connectivity index (χ3v) is 7.25. The summed E-state index contributed by atoms with van der Waals surface area (Å²) in [5, 5.41) is 0. The largest absolute Gasteiger partial charge is 0.357 e. The maximum absolute atomic E-state index is 2.53. The number of unbranched alkanes of at least 4 members (excludes halogenated alkanes) is 5. The zero-order valence-electron chi connectivity index (χ0n) is 21.3. The van der Waals surface area contributed by atoms with Crippen molar-refractivity contribution in [2.75, 3.05) is 27.2 Å². The van der Waals surface area contributed by atoms with Gasteiger partial charge in [0.15, 0.2) is 0 Å². The van der Waals surface area contributed by atoms with Gasteiger partial charge in [-0.2, -0.15) is 0 Å². The van der Waals surface area contributed by atoms with Crippen LogP contribution in [0, 0.1) is 0 Å². The smallest absolute Gasteiger partial charge is 0.0979 e. The summed E-state index contributed by atoms with van der Waals surface area (Å²) in [6.45, 7) is 20.4. The van der Waals surface area contributed by atoms with Crippen molar-refractivity contribution in [2.24, 2.45) is 0 Å². The number of hydrogen-bond donors (Lipinski definition) is 0. The van der Waals surface area contributed by atoms with Gasteiger partial charge in [-0.1, -0.05) is 46.0 Å². The first-order chi connectivity index (χ1) is 13.7. The molecule has 0 saturated heterocycles. The highest BCUT2D eigenvalue weighted by Crippen LogP contribution is 2.28. The second-order valence-corrected chi connectivity index (χ2v) is 8.98. The standard InChI is InChI=1S/C13H26N2.C12H24N2/c1-6-7-8-9-10-15-12(3)11(2)14(5)13(15)4;1-6-7-8-9-14-11(3)10(2)13(5)12(14)4/h13H,6-10H2,1-5H3;12H,6-9H2,1-5H3. The quantitative estimate of drug-likeness (QED) is 0.409. The van der Waals surface area contributed by atoms with E-state index in [9.17, 15) is 0 Å². The predicted molar refractivity (Wildman–Crippen MR) is 128 cm³/mol. The average molecular weight is 407 g/mol. The monoisotopic (exact) mass is 406 g/mol. The molecule has 2 unspecified atom stereocenters. The SMILES string of the molecule is CCCCCCN1C(C)=C(C)N(C)C1C.CCCCCN1C(C)=C(C)N(C)C1C. The minimum Gasteiger partial charge on any atom is -0.357 e. The van der Waals surface area contributed by atoms with E-state index in [0.717, 1.165) is 0 Å². The lowest BCUT2D eigenvalue weighted by Gasteiger charge is -2.29. The zero-order valence-corrected chi connectivity index (χ0v) is 21.3. The van der Waals surface area contributed by atoms with Gasteiger partial charge < -0.3 is 19.6 Å². The molecule has 0 spiro atoms. The Hall–Kier alpha value is -1.32. The predicted octanol–water partition coefficient (Wildman–Crippen LogP) is 6.43. The Balaban J connectivity index is 0.000000291. The highest BCUT2D eigenvalue weighted by atomic mass is 15.4. The molecule has 0 radical (unpaired) electrons. The van der Waals surface area contributed by atoms with Gasteiger partial charge in [0.25, 0.3) is 0 Å². The molecule has 0 saturated carbocycles. The van der Waals surface area contributed by atoms with E-state index < -0.39 is 0 Å². The van der Waals surface area contributed by atoms with Crippen molar-refractivity contribution in [3.63, 3.8) is 0 Å². The van der Waals surface area contributed by atoms with Gasteiger partial charge in [-0.25, -0.2) is 0 Å². The minimum absolute atomic E-state index is 0.548. The molecule has 0 aromatic carbocycles. The molecule has 2 rings (SSSR count). The van der Waals surface area contributed by atoms with Crippen LogP contribution in [-0.4, -0.2) is 59.1 Å². The number of hydrogen-bond acceptors (Lipinski definition) is 4. The van der Waals surface area contributed by atoms with Gasteiger partial charge in [0, 0.05) is 50.0 Å². The second-order valence-electron chi connectivity index (χ2n) is 8.98. The Morgan fingerprint density at radius 2 is 0.897 bits per heavy atom. The molecule has 0 aromatic heterocycles. The van der Waals surface area contributed by atoms with E-state index in [4.69, 9.17) is 0 Å². The maximum Gasteiger partial charge on any atom is 0.0979 e. The fourth-order valence-corrected chi connectivity index (χ4v) is 4.42. The molecule has 4 nitrogen and oxygen atoms in total. The molecule has 29 heavy (non-hydrogen) atoms. The van der Waals surface area contributed by atoms with Gasteiger partial charge in [-0.3, -0.25) is 0 Å². The highest BCUT2D eigenvalue weighted by Gasteiger charge is 2.28. The normalized spacial score (nSPS) is 22.1. The lowest BCUT2D eigenvalue weighted by Crippen LogP contribution is -2.36. The summed E-state index contributed by atoms with van der Waals surface area (Å²) in [5.41, 5.74) is 5.77. The summed E-state index contributed by atoms with van der Waals surface area (Å²) in [6.07, 6.45) is 10.5. The van der Waals surface area contributed by atoms with Crippen LogP contribution < -0.4 is 0 Å². The Kier molecular flexibility index (Phi) is 11.0.